The van der Waals surface area contributed by atoms with Crippen molar-refractivity contribution in [2.75, 3.05) is 6.61 Å². The molecule has 6 nitrogen and oxygen atoms in total. The van der Waals surface area contributed by atoms with Gasteiger partial charge in [-0.3, -0.25) is 5.10 Å². The number of hydrogen-bond acceptors (Lipinski definition) is 4. The second-order valence-electron chi connectivity index (χ2n) is 2.98. The van der Waals surface area contributed by atoms with E-state index in [9.17, 15) is 4.79 Å². The average molecular weight is 234 g/mol. The molecule has 0 saturated carbocycles. The van der Waals surface area contributed by atoms with Gasteiger partial charge in [0.15, 0.2) is 0 Å². The Labute approximate surface area is 98.8 Å². The summed E-state index contributed by atoms with van der Waals surface area (Å²) in [6, 6.07) is 9.92. The molecule has 0 atom stereocenters. The van der Waals surface area contributed by atoms with Crippen LogP contribution in [0.2, 0.25) is 0 Å². The molecule has 0 aliphatic carbocycles. The first-order valence-electron chi connectivity index (χ1n) is 5.08. The Hall–Kier alpha value is -2.37. The van der Waals surface area contributed by atoms with E-state index in [1.54, 1.807) is 13.1 Å². The molecular formula is C11H14N4O2. The van der Waals surface area contributed by atoms with Crippen LogP contribution in [-0.4, -0.2) is 28.1 Å². The van der Waals surface area contributed by atoms with E-state index in [1.165, 1.54) is 0 Å². The van der Waals surface area contributed by atoms with Gasteiger partial charge in [-0.25, -0.2) is 4.79 Å². The molecule has 1 aromatic carbocycles. The normalized spacial score (nSPS) is 9.00. The van der Waals surface area contributed by atoms with Gasteiger partial charge in [-0.05, 0) is 6.92 Å². The molecule has 0 saturated heterocycles. The number of carbonyl (C=O) groups is 1. The zero-order chi connectivity index (χ0) is 12.5. The molecule has 0 unspecified atom stereocenters. The Bertz CT molecular complexity index is 428. The van der Waals surface area contributed by atoms with E-state index < -0.39 is 6.09 Å². The molecule has 0 bridgehead atoms. The van der Waals surface area contributed by atoms with Crippen LogP contribution in [0, 0.1) is 0 Å². The van der Waals surface area contributed by atoms with E-state index in [1.807, 2.05) is 30.3 Å². The number of amides is 1. The molecule has 0 radical (unpaired) electrons. The van der Waals surface area contributed by atoms with Crippen molar-refractivity contribution < 1.29 is 9.53 Å². The Kier molecular flexibility index (Phi) is 5.23. The summed E-state index contributed by atoms with van der Waals surface area (Å²) in [5, 5.41) is 10.2. The van der Waals surface area contributed by atoms with E-state index in [-0.39, 0.29) is 0 Å². The Morgan fingerprint density at radius 2 is 2.12 bits per heavy atom. The van der Waals surface area contributed by atoms with Crippen molar-refractivity contribution in [3.05, 3.63) is 36.5 Å². The van der Waals surface area contributed by atoms with Gasteiger partial charge in [0, 0.05) is 11.8 Å². The fourth-order valence-corrected chi connectivity index (χ4v) is 1.09. The van der Waals surface area contributed by atoms with E-state index in [2.05, 4.69) is 25.9 Å². The van der Waals surface area contributed by atoms with Gasteiger partial charge in [-0.15, -0.1) is 5.10 Å². The monoisotopic (exact) mass is 234 g/mol. The van der Waals surface area contributed by atoms with Crippen LogP contribution >= 0.6 is 0 Å². The molecule has 90 valence electrons. The van der Waals surface area contributed by atoms with Crippen LogP contribution in [-0.2, 0) is 4.74 Å². The van der Waals surface area contributed by atoms with Gasteiger partial charge in [-0.1, -0.05) is 35.5 Å². The Morgan fingerprint density at radius 1 is 1.41 bits per heavy atom. The topological polar surface area (TPSA) is 93.9 Å². The highest BCUT2D eigenvalue weighted by Gasteiger charge is 1.96. The van der Waals surface area contributed by atoms with Crippen molar-refractivity contribution >= 4 is 6.09 Å². The van der Waals surface area contributed by atoms with Gasteiger partial charge in [0.2, 0.25) is 0 Å². The molecular weight excluding hydrogens is 220 g/mol. The Balaban J connectivity index is 0.000000209. The number of benzene rings is 1. The van der Waals surface area contributed by atoms with Crippen molar-refractivity contribution in [3.63, 3.8) is 0 Å². The highest BCUT2D eigenvalue weighted by atomic mass is 16.5. The van der Waals surface area contributed by atoms with Crippen molar-refractivity contribution in [1.82, 2.24) is 15.4 Å². The lowest BCUT2D eigenvalue weighted by Crippen LogP contribution is -2.11. The van der Waals surface area contributed by atoms with E-state index >= 15 is 0 Å². The van der Waals surface area contributed by atoms with Gasteiger partial charge >= 0.3 is 6.09 Å². The van der Waals surface area contributed by atoms with Crippen LogP contribution in [0.1, 0.15) is 6.92 Å². The molecule has 3 N–H and O–H groups in total. The molecule has 1 aromatic heterocycles. The zero-order valence-corrected chi connectivity index (χ0v) is 9.46. The summed E-state index contributed by atoms with van der Waals surface area (Å²) in [5.41, 5.74) is 6.51. The number of nitrogens with one attached hydrogen (secondary N) is 1. The van der Waals surface area contributed by atoms with Crippen molar-refractivity contribution in [3.8, 4) is 11.3 Å². The first-order valence-corrected chi connectivity index (χ1v) is 5.08. The Morgan fingerprint density at radius 3 is 2.53 bits per heavy atom. The smallest absolute Gasteiger partial charge is 0.404 e. The van der Waals surface area contributed by atoms with Gasteiger partial charge in [-0.2, -0.15) is 0 Å². The summed E-state index contributed by atoms with van der Waals surface area (Å²) < 4.78 is 4.18. The predicted molar refractivity (Wildman–Crippen MR) is 63.0 cm³/mol. The minimum Gasteiger partial charge on any atom is -0.450 e. The molecule has 1 heterocycles. The van der Waals surface area contributed by atoms with Gasteiger partial charge in [0.05, 0.1) is 6.61 Å². The quantitative estimate of drug-likeness (QED) is 0.824. The molecule has 17 heavy (non-hydrogen) atoms. The SMILES string of the molecule is CCOC(N)=O.c1ccc(-c2c[nH]nn2)cc1. The van der Waals surface area contributed by atoms with E-state index in [4.69, 9.17) is 0 Å². The van der Waals surface area contributed by atoms with E-state index in [0.29, 0.717) is 6.61 Å². The molecule has 2 aromatic rings. The minimum absolute atomic E-state index is 0.356. The lowest BCUT2D eigenvalue weighted by Gasteiger charge is -1.90. The number of carbonyl (C=O) groups excluding carboxylic acids is 1. The molecule has 0 aliphatic rings. The highest BCUT2D eigenvalue weighted by molar-refractivity contribution is 5.64. The summed E-state index contributed by atoms with van der Waals surface area (Å²) in [5.74, 6) is 0. The summed E-state index contributed by atoms with van der Waals surface area (Å²) in [4.78, 5) is 9.60. The predicted octanol–water partition coefficient (Wildman–Crippen LogP) is 1.57. The first kappa shape index (κ1) is 12.7. The second-order valence-corrected chi connectivity index (χ2v) is 2.98. The third-order valence-electron chi connectivity index (χ3n) is 1.77. The van der Waals surface area contributed by atoms with Gasteiger partial charge in [0.25, 0.3) is 0 Å². The van der Waals surface area contributed by atoms with Gasteiger partial charge in [0.1, 0.15) is 5.69 Å². The third-order valence-corrected chi connectivity index (χ3v) is 1.77. The standard InChI is InChI=1S/C8H7N3.C3H7NO2/c1-2-4-7(5-3-1)8-6-9-11-10-8;1-2-6-3(4)5/h1-6H,(H,9,10,11);2H2,1H3,(H2,4,5). The summed E-state index contributed by atoms with van der Waals surface area (Å²) in [6.07, 6.45) is 1.06. The molecule has 2 rings (SSSR count). The van der Waals surface area contributed by atoms with Crippen LogP contribution in [0.15, 0.2) is 36.5 Å². The number of hydrogen-bond donors (Lipinski definition) is 2. The van der Waals surface area contributed by atoms with Crippen LogP contribution < -0.4 is 5.73 Å². The lowest BCUT2D eigenvalue weighted by molar-refractivity contribution is 0.163. The van der Waals surface area contributed by atoms with Crippen LogP contribution in [0.5, 0.6) is 0 Å². The lowest BCUT2D eigenvalue weighted by atomic mass is 10.2. The highest BCUT2D eigenvalue weighted by Crippen LogP contribution is 2.12. The average Bonchev–Trinajstić information content (AvgIpc) is 2.84. The largest absolute Gasteiger partial charge is 0.450 e. The van der Waals surface area contributed by atoms with Crippen LogP contribution in [0.4, 0.5) is 4.79 Å². The molecule has 0 aliphatic heterocycles. The minimum atomic E-state index is -0.711. The number of H-pyrrole nitrogens is 1. The van der Waals surface area contributed by atoms with E-state index in [0.717, 1.165) is 11.3 Å². The van der Waals surface area contributed by atoms with Crippen molar-refractivity contribution in [2.45, 2.75) is 6.92 Å². The third kappa shape index (κ3) is 4.78. The number of rotatable bonds is 2. The van der Waals surface area contributed by atoms with Crippen molar-refractivity contribution in [1.29, 1.82) is 0 Å². The van der Waals surface area contributed by atoms with Crippen LogP contribution in [0.25, 0.3) is 11.3 Å². The zero-order valence-electron chi connectivity index (χ0n) is 9.46. The number of nitrogens with zero attached hydrogens (tertiary/aromatic N) is 2. The molecule has 0 fully saturated rings. The number of ether oxygens (including phenoxy) is 1. The van der Waals surface area contributed by atoms with Crippen LogP contribution in [0.3, 0.4) is 0 Å². The van der Waals surface area contributed by atoms with Crippen molar-refractivity contribution in [2.24, 2.45) is 5.73 Å². The molecule has 1 amide bonds. The molecule has 0 spiro atoms. The molecule has 6 heteroatoms. The van der Waals surface area contributed by atoms with Gasteiger partial charge < -0.3 is 10.5 Å². The second kappa shape index (κ2) is 7.00. The number of nitrogens with two attached hydrogens (primary N) is 1. The number of primary amides is 1. The number of aromatic amines is 1. The maximum atomic E-state index is 9.60. The number of aromatic nitrogens is 3. The summed E-state index contributed by atoms with van der Waals surface area (Å²) in [6.45, 7) is 2.06. The fraction of sp³-hybridized carbons (Fsp3) is 0.182. The first-order chi connectivity index (χ1) is 8.24. The fourth-order valence-electron chi connectivity index (χ4n) is 1.09. The maximum absolute atomic E-state index is 9.60. The summed E-state index contributed by atoms with van der Waals surface area (Å²) >= 11 is 0. The summed E-state index contributed by atoms with van der Waals surface area (Å²) in [7, 11) is 0. The maximum Gasteiger partial charge on any atom is 0.404 e.